The van der Waals surface area contributed by atoms with Crippen LogP contribution >= 0.6 is 0 Å². The van der Waals surface area contributed by atoms with Gasteiger partial charge in [0.2, 0.25) is 5.95 Å². The number of hydrogen-bond donors (Lipinski definition) is 2. The van der Waals surface area contributed by atoms with Crippen molar-refractivity contribution in [3.8, 4) is 0 Å². The highest BCUT2D eigenvalue weighted by molar-refractivity contribution is 5.19. The number of aromatic nitrogens is 3. The van der Waals surface area contributed by atoms with Crippen LogP contribution in [0.3, 0.4) is 0 Å². The van der Waals surface area contributed by atoms with E-state index in [0.29, 0.717) is 5.69 Å². The standard InChI is InChI=1S/C6H9N5O/c7-6-10-9-4(3-1-2-3)5(12)11(6)8/h3H,1-2,8H2,(H2,7,10). The Morgan fingerprint density at radius 3 is 2.67 bits per heavy atom. The van der Waals surface area contributed by atoms with Crippen LogP contribution in [0.1, 0.15) is 24.5 Å². The topological polar surface area (TPSA) is 99.8 Å². The summed E-state index contributed by atoms with van der Waals surface area (Å²) in [5, 5.41) is 7.28. The molecule has 0 atom stereocenters. The highest BCUT2D eigenvalue weighted by atomic mass is 16.1. The maximum Gasteiger partial charge on any atom is 0.295 e. The minimum Gasteiger partial charge on any atom is -0.366 e. The molecule has 6 heteroatoms. The molecule has 1 aromatic rings. The van der Waals surface area contributed by atoms with Crippen LogP contribution in [0.15, 0.2) is 4.79 Å². The number of nitrogens with zero attached hydrogens (tertiary/aromatic N) is 3. The fourth-order valence-electron chi connectivity index (χ4n) is 1.04. The van der Waals surface area contributed by atoms with E-state index in [9.17, 15) is 4.79 Å². The van der Waals surface area contributed by atoms with Gasteiger partial charge >= 0.3 is 0 Å². The average molecular weight is 167 g/mol. The van der Waals surface area contributed by atoms with Gasteiger partial charge in [0.25, 0.3) is 5.56 Å². The zero-order valence-corrected chi connectivity index (χ0v) is 6.40. The van der Waals surface area contributed by atoms with Crippen LogP contribution < -0.4 is 17.1 Å². The lowest BCUT2D eigenvalue weighted by molar-refractivity contribution is 0.780. The number of hydrogen-bond acceptors (Lipinski definition) is 5. The van der Waals surface area contributed by atoms with E-state index >= 15 is 0 Å². The lowest BCUT2D eigenvalue weighted by Crippen LogP contribution is -2.33. The summed E-state index contributed by atoms with van der Waals surface area (Å²) in [6, 6.07) is 0. The maximum atomic E-state index is 11.3. The summed E-state index contributed by atoms with van der Waals surface area (Å²) in [4.78, 5) is 11.3. The Labute approximate surface area is 68.2 Å². The molecular weight excluding hydrogens is 158 g/mol. The summed E-state index contributed by atoms with van der Waals surface area (Å²) in [5.74, 6) is 5.52. The van der Waals surface area contributed by atoms with Gasteiger partial charge in [-0.3, -0.25) is 4.79 Å². The van der Waals surface area contributed by atoms with Gasteiger partial charge in [0.1, 0.15) is 5.69 Å². The lowest BCUT2D eigenvalue weighted by atomic mass is 10.3. The second-order valence-corrected chi connectivity index (χ2v) is 2.89. The molecule has 0 saturated heterocycles. The molecule has 1 saturated carbocycles. The van der Waals surface area contributed by atoms with Crippen LogP contribution in [0.4, 0.5) is 5.95 Å². The van der Waals surface area contributed by atoms with E-state index < -0.39 is 0 Å². The molecule has 12 heavy (non-hydrogen) atoms. The third-order valence-electron chi connectivity index (χ3n) is 1.91. The number of nitrogens with two attached hydrogens (primary N) is 2. The van der Waals surface area contributed by atoms with E-state index in [1.54, 1.807) is 0 Å². The maximum absolute atomic E-state index is 11.3. The molecule has 0 bridgehead atoms. The molecule has 4 N–H and O–H groups in total. The Bertz CT molecular complexity index is 367. The Hall–Kier alpha value is -1.59. The molecule has 64 valence electrons. The summed E-state index contributed by atoms with van der Waals surface area (Å²) < 4.78 is 0.834. The van der Waals surface area contributed by atoms with E-state index in [1.807, 2.05) is 0 Å². The molecule has 0 aliphatic heterocycles. The summed E-state index contributed by atoms with van der Waals surface area (Å²) in [6.07, 6.45) is 1.99. The lowest BCUT2D eigenvalue weighted by Gasteiger charge is -2.01. The van der Waals surface area contributed by atoms with Crippen LogP contribution in [0, 0.1) is 0 Å². The third kappa shape index (κ3) is 0.919. The molecule has 1 heterocycles. The smallest absolute Gasteiger partial charge is 0.295 e. The molecule has 1 aromatic heterocycles. The van der Waals surface area contributed by atoms with Crippen molar-refractivity contribution >= 4 is 5.95 Å². The van der Waals surface area contributed by atoms with Crippen molar-refractivity contribution in [2.24, 2.45) is 0 Å². The molecule has 6 nitrogen and oxygen atoms in total. The van der Waals surface area contributed by atoms with Crippen molar-refractivity contribution in [3.05, 3.63) is 16.0 Å². The monoisotopic (exact) mass is 167 g/mol. The molecule has 0 aromatic carbocycles. The van der Waals surface area contributed by atoms with Crippen molar-refractivity contribution < 1.29 is 0 Å². The van der Waals surface area contributed by atoms with Gasteiger partial charge in [0.15, 0.2) is 0 Å². The molecule has 1 aliphatic carbocycles. The van der Waals surface area contributed by atoms with Crippen molar-refractivity contribution in [3.63, 3.8) is 0 Å². The molecule has 1 fully saturated rings. The van der Waals surface area contributed by atoms with Crippen molar-refractivity contribution in [1.29, 1.82) is 0 Å². The Kier molecular flexibility index (Phi) is 1.30. The van der Waals surface area contributed by atoms with Crippen LogP contribution in [0.25, 0.3) is 0 Å². The van der Waals surface area contributed by atoms with E-state index in [0.717, 1.165) is 17.5 Å². The first kappa shape index (κ1) is 7.08. The van der Waals surface area contributed by atoms with Crippen LogP contribution in [-0.2, 0) is 0 Å². The molecule has 1 aliphatic rings. The zero-order chi connectivity index (χ0) is 8.72. The van der Waals surface area contributed by atoms with Crippen LogP contribution in [0.5, 0.6) is 0 Å². The Morgan fingerprint density at radius 1 is 1.42 bits per heavy atom. The third-order valence-corrected chi connectivity index (χ3v) is 1.91. The number of anilines is 1. The molecule has 2 rings (SSSR count). The van der Waals surface area contributed by atoms with Gasteiger partial charge in [0, 0.05) is 5.92 Å². The summed E-state index contributed by atoms with van der Waals surface area (Å²) >= 11 is 0. The number of nitrogen functional groups attached to an aromatic ring is 2. The molecular formula is C6H9N5O. The molecule has 0 radical (unpaired) electrons. The van der Waals surface area contributed by atoms with Crippen molar-refractivity contribution in [1.82, 2.24) is 14.9 Å². The highest BCUT2D eigenvalue weighted by Gasteiger charge is 2.29. The first-order valence-electron chi connectivity index (χ1n) is 3.70. The van der Waals surface area contributed by atoms with E-state index in [2.05, 4.69) is 10.2 Å². The van der Waals surface area contributed by atoms with Gasteiger partial charge in [-0.2, -0.15) is 4.68 Å². The van der Waals surface area contributed by atoms with Crippen LogP contribution in [-0.4, -0.2) is 14.9 Å². The molecule has 0 unspecified atom stereocenters. The van der Waals surface area contributed by atoms with E-state index in [-0.39, 0.29) is 17.4 Å². The van der Waals surface area contributed by atoms with Gasteiger partial charge in [-0.1, -0.05) is 0 Å². The second kappa shape index (κ2) is 2.20. The van der Waals surface area contributed by atoms with Crippen molar-refractivity contribution in [2.75, 3.05) is 11.6 Å². The predicted octanol–water partition coefficient (Wildman–Crippen LogP) is -1.19. The van der Waals surface area contributed by atoms with Gasteiger partial charge in [0.05, 0.1) is 0 Å². The van der Waals surface area contributed by atoms with Crippen molar-refractivity contribution in [2.45, 2.75) is 18.8 Å². The zero-order valence-electron chi connectivity index (χ0n) is 6.40. The average Bonchev–Trinajstić information content (AvgIpc) is 2.84. The quantitative estimate of drug-likeness (QED) is 0.512. The van der Waals surface area contributed by atoms with Gasteiger partial charge in [-0.15, -0.1) is 10.2 Å². The van der Waals surface area contributed by atoms with E-state index in [1.165, 1.54) is 0 Å². The van der Waals surface area contributed by atoms with Gasteiger partial charge in [-0.05, 0) is 12.8 Å². The Balaban J connectivity index is 2.57. The summed E-state index contributed by atoms with van der Waals surface area (Å²) in [7, 11) is 0. The summed E-state index contributed by atoms with van der Waals surface area (Å²) in [6.45, 7) is 0. The molecule has 0 amide bonds. The largest absolute Gasteiger partial charge is 0.366 e. The van der Waals surface area contributed by atoms with Crippen LogP contribution in [0.2, 0.25) is 0 Å². The first-order chi connectivity index (χ1) is 5.70. The normalized spacial score (nSPS) is 16.3. The fourth-order valence-corrected chi connectivity index (χ4v) is 1.04. The Morgan fingerprint density at radius 2 is 2.08 bits per heavy atom. The minimum absolute atomic E-state index is 0.0515. The SMILES string of the molecule is Nc1nnc(C2CC2)c(=O)n1N. The van der Waals surface area contributed by atoms with Gasteiger partial charge < -0.3 is 11.6 Å². The van der Waals surface area contributed by atoms with E-state index in [4.69, 9.17) is 11.6 Å². The first-order valence-corrected chi connectivity index (χ1v) is 3.70. The fraction of sp³-hybridized carbons (Fsp3) is 0.500. The minimum atomic E-state index is -0.329. The highest BCUT2D eigenvalue weighted by Crippen LogP contribution is 2.36. The predicted molar refractivity (Wildman–Crippen MR) is 42.8 cm³/mol. The summed E-state index contributed by atoms with van der Waals surface area (Å²) in [5.41, 5.74) is 5.38. The van der Waals surface area contributed by atoms with Gasteiger partial charge in [-0.25, -0.2) is 0 Å². The molecule has 0 spiro atoms. The number of rotatable bonds is 1. The second-order valence-electron chi connectivity index (χ2n) is 2.89.